The van der Waals surface area contributed by atoms with Crippen molar-refractivity contribution in [2.24, 2.45) is 0 Å². The molecule has 0 bridgehead atoms. The lowest BCUT2D eigenvalue weighted by molar-refractivity contribution is -0.120. The molecule has 2 N–H and O–H groups in total. The number of amides is 1. The summed E-state index contributed by atoms with van der Waals surface area (Å²) in [6, 6.07) is 9.04. The highest BCUT2D eigenvalue weighted by Gasteiger charge is 2.36. The summed E-state index contributed by atoms with van der Waals surface area (Å²) in [4.78, 5) is 37.3. The number of nitrogens with one attached hydrogen (secondary N) is 2. The standard InChI is InChI=1S/C20H21Cl3N2O5S/c1-4-30-17(27)14-11(2)15(18(28)29-3)31-16(14)25-19(20(21,22)23)24-13(26)10-12-8-6-5-7-9-12/h5-9,19,25H,4,10H2,1-3H3,(H,24,26)/t19-/m1/s1. The molecule has 0 radical (unpaired) electrons. The lowest BCUT2D eigenvalue weighted by Gasteiger charge is -2.27. The van der Waals surface area contributed by atoms with Gasteiger partial charge in [-0.05, 0) is 25.0 Å². The van der Waals surface area contributed by atoms with Crippen molar-refractivity contribution in [2.75, 3.05) is 19.0 Å². The molecule has 0 spiro atoms. The predicted molar refractivity (Wildman–Crippen MR) is 122 cm³/mol. The minimum atomic E-state index is -1.97. The Morgan fingerprint density at radius 3 is 2.32 bits per heavy atom. The van der Waals surface area contributed by atoms with Crippen molar-refractivity contribution in [1.82, 2.24) is 5.32 Å². The monoisotopic (exact) mass is 506 g/mol. The maximum absolute atomic E-state index is 12.5. The second-order valence-corrected chi connectivity index (χ2v) is 9.71. The molecule has 0 aliphatic rings. The summed E-state index contributed by atoms with van der Waals surface area (Å²) in [5, 5.41) is 5.68. The zero-order valence-electron chi connectivity index (χ0n) is 17.0. The molecule has 1 aromatic carbocycles. The maximum Gasteiger partial charge on any atom is 0.348 e. The van der Waals surface area contributed by atoms with E-state index in [0.717, 1.165) is 16.9 Å². The van der Waals surface area contributed by atoms with Gasteiger partial charge in [0.15, 0.2) is 0 Å². The Hall–Kier alpha value is -2.00. The molecule has 0 aliphatic carbocycles. The minimum Gasteiger partial charge on any atom is -0.465 e. The number of benzene rings is 1. The largest absolute Gasteiger partial charge is 0.465 e. The molecule has 1 heterocycles. The average molecular weight is 508 g/mol. The highest BCUT2D eigenvalue weighted by molar-refractivity contribution is 7.18. The number of rotatable bonds is 8. The number of alkyl halides is 3. The first-order valence-electron chi connectivity index (χ1n) is 9.13. The van der Waals surface area contributed by atoms with Crippen LogP contribution >= 0.6 is 46.1 Å². The molecule has 0 saturated carbocycles. The molecule has 168 valence electrons. The van der Waals surface area contributed by atoms with E-state index in [1.807, 2.05) is 18.2 Å². The van der Waals surface area contributed by atoms with Crippen LogP contribution in [0.15, 0.2) is 30.3 Å². The minimum absolute atomic E-state index is 0.0569. The van der Waals surface area contributed by atoms with Crippen LogP contribution in [-0.4, -0.2) is 41.5 Å². The second-order valence-electron chi connectivity index (χ2n) is 6.32. The summed E-state index contributed by atoms with van der Waals surface area (Å²) in [6.45, 7) is 3.36. The molecule has 1 aromatic heterocycles. The third-order valence-electron chi connectivity index (χ3n) is 4.11. The molecule has 0 fully saturated rings. The van der Waals surface area contributed by atoms with Crippen molar-refractivity contribution in [2.45, 2.75) is 30.2 Å². The fraction of sp³-hybridized carbons (Fsp3) is 0.350. The van der Waals surface area contributed by atoms with Gasteiger partial charge in [0.05, 0.1) is 25.7 Å². The van der Waals surface area contributed by atoms with Crippen LogP contribution in [0, 0.1) is 6.92 Å². The quantitative estimate of drug-likeness (QED) is 0.311. The molecule has 31 heavy (non-hydrogen) atoms. The number of carbonyl (C=O) groups excluding carboxylic acids is 3. The summed E-state index contributed by atoms with van der Waals surface area (Å²) >= 11 is 19.2. The maximum atomic E-state index is 12.5. The molecule has 0 saturated heterocycles. The van der Waals surface area contributed by atoms with E-state index in [9.17, 15) is 14.4 Å². The number of ether oxygens (including phenoxy) is 2. The molecule has 2 rings (SSSR count). The first-order valence-corrected chi connectivity index (χ1v) is 11.1. The number of methoxy groups -OCH3 is 1. The van der Waals surface area contributed by atoms with Gasteiger partial charge in [-0.1, -0.05) is 65.1 Å². The van der Waals surface area contributed by atoms with Crippen LogP contribution in [0.2, 0.25) is 0 Å². The van der Waals surface area contributed by atoms with Gasteiger partial charge in [-0.15, -0.1) is 11.3 Å². The van der Waals surface area contributed by atoms with Gasteiger partial charge >= 0.3 is 11.9 Å². The van der Waals surface area contributed by atoms with Crippen LogP contribution in [0.4, 0.5) is 5.00 Å². The average Bonchev–Trinajstić information content (AvgIpc) is 3.03. The Morgan fingerprint density at radius 2 is 1.77 bits per heavy atom. The molecule has 0 aliphatic heterocycles. The van der Waals surface area contributed by atoms with Gasteiger partial charge in [-0.25, -0.2) is 9.59 Å². The van der Waals surface area contributed by atoms with E-state index >= 15 is 0 Å². The Balaban J connectivity index is 2.34. The molecule has 1 atom stereocenters. The van der Waals surface area contributed by atoms with Crippen molar-refractivity contribution in [3.05, 3.63) is 51.9 Å². The molecule has 11 heteroatoms. The van der Waals surface area contributed by atoms with Gasteiger partial charge < -0.3 is 20.1 Å². The van der Waals surface area contributed by atoms with Crippen molar-refractivity contribution in [3.63, 3.8) is 0 Å². The molecular formula is C20H21Cl3N2O5S. The highest BCUT2D eigenvalue weighted by Crippen LogP contribution is 2.38. The van der Waals surface area contributed by atoms with Crippen LogP contribution in [0.1, 0.15) is 38.1 Å². The number of thiophene rings is 1. The van der Waals surface area contributed by atoms with Gasteiger partial charge in [0.1, 0.15) is 16.0 Å². The smallest absolute Gasteiger partial charge is 0.348 e. The molecule has 7 nitrogen and oxygen atoms in total. The van der Waals surface area contributed by atoms with Crippen LogP contribution in [0.3, 0.4) is 0 Å². The first kappa shape index (κ1) is 25.3. The van der Waals surface area contributed by atoms with Gasteiger partial charge in [-0.2, -0.15) is 0 Å². The molecule has 1 amide bonds. The van der Waals surface area contributed by atoms with E-state index in [1.165, 1.54) is 7.11 Å². The van der Waals surface area contributed by atoms with Gasteiger partial charge in [-0.3, -0.25) is 4.79 Å². The number of carbonyl (C=O) groups is 3. The lowest BCUT2D eigenvalue weighted by atomic mass is 10.1. The third-order valence-corrected chi connectivity index (χ3v) is 5.97. The number of hydrogen-bond donors (Lipinski definition) is 2. The topological polar surface area (TPSA) is 93.7 Å². The zero-order valence-corrected chi connectivity index (χ0v) is 20.0. The summed E-state index contributed by atoms with van der Waals surface area (Å²) in [5.74, 6) is -1.69. The number of esters is 2. The Kier molecular flexibility index (Phi) is 9.00. The van der Waals surface area contributed by atoms with E-state index in [-0.39, 0.29) is 28.5 Å². The van der Waals surface area contributed by atoms with Crippen LogP contribution in [0.25, 0.3) is 0 Å². The third kappa shape index (κ3) is 6.74. The highest BCUT2D eigenvalue weighted by atomic mass is 35.6. The van der Waals surface area contributed by atoms with E-state index in [2.05, 4.69) is 10.6 Å². The van der Waals surface area contributed by atoms with Crippen molar-refractivity contribution < 1.29 is 23.9 Å². The van der Waals surface area contributed by atoms with Gasteiger partial charge in [0.2, 0.25) is 9.70 Å². The summed E-state index contributed by atoms with van der Waals surface area (Å²) in [6.07, 6.45) is -1.15. The van der Waals surface area contributed by atoms with Crippen LogP contribution < -0.4 is 10.6 Å². The zero-order chi connectivity index (χ0) is 23.2. The Morgan fingerprint density at radius 1 is 1.13 bits per heavy atom. The normalized spacial score (nSPS) is 12.1. The molecule has 0 unspecified atom stereocenters. The number of halogens is 3. The van der Waals surface area contributed by atoms with Crippen LogP contribution in [0.5, 0.6) is 0 Å². The fourth-order valence-corrected chi connectivity index (χ4v) is 4.14. The SMILES string of the molecule is CCOC(=O)c1c(N[C@@H](NC(=O)Cc2ccccc2)C(Cl)(Cl)Cl)sc(C(=O)OC)c1C. The summed E-state index contributed by atoms with van der Waals surface area (Å²) in [7, 11) is 1.23. The first-order chi connectivity index (χ1) is 14.6. The van der Waals surface area contributed by atoms with E-state index < -0.39 is 27.8 Å². The van der Waals surface area contributed by atoms with Gasteiger partial charge in [0.25, 0.3) is 0 Å². The molecular weight excluding hydrogens is 487 g/mol. The number of hydrogen-bond acceptors (Lipinski definition) is 7. The Labute approximate surface area is 198 Å². The predicted octanol–water partition coefficient (Wildman–Crippen LogP) is 4.49. The fourth-order valence-electron chi connectivity index (χ4n) is 2.68. The van der Waals surface area contributed by atoms with Crippen LogP contribution in [-0.2, 0) is 20.7 Å². The number of anilines is 1. The van der Waals surface area contributed by atoms with E-state index in [0.29, 0.717) is 5.56 Å². The van der Waals surface area contributed by atoms with Crippen molar-refractivity contribution in [3.8, 4) is 0 Å². The summed E-state index contributed by atoms with van der Waals surface area (Å²) in [5.41, 5.74) is 1.23. The lowest BCUT2D eigenvalue weighted by Crippen LogP contribution is -2.49. The molecule has 2 aromatic rings. The van der Waals surface area contributed by atoms with E-state index in [4.69, 9.17) is 44.3 Å². The van der Waals surface area contributed by atoms with E-state index in [1.54, 1.807) is 26.0 Å². The second kappa shape index (κ2) is 11.0. The Bertz CT molecular complexity index is 944. The van der Waals surface area contributed by atoms with Crippen molar-refractivity contribution in [1.29, 1.82) is 0 Å². The van der Waals surface area contributed by atoms with Gasteiger partial charge in [0, 0.05) is 0 Å². The summed E-state index contributed by atoms with van der Waals surface area (Å²) < 4.78 is 7.89. The van der Waals surface area contributed by atoms with Crippen molar-refractivity contribution >= 4 is 69.0 Å².